The summed E-state index contributed by atoms with van der Waals surface area (Å²) in [7, 11) is -2.98. The Labute approximate surface area is 102 Å². The highest BCUT2D eigenvalue weighted by Crippen LogP contribution is 2.09. The van der Waals surface area contributed by atoms with Gasteiger partial charge < -0.3 is 5.32 Å². The third-order valence-electron chi connectivity index (χ3n) is 2.25. The van der Waals surface area contributed by atoms with Crippen molar-refractivity contribution in [2.75, 3.05) is 17.3 Å². The maximum absolute atomic E-state index is 11.5. The zero-order chi connectivity index (χ0) is 12.9. The number of amides is 1. The van der Waals surface area contributed by atoms with E-state index in [1.54, 1.807) is 0 Å². The van der Waals surface area contributed by atoms with Crippen LogP contribution in [0.3, 0.4) is 0 Å². The molecule has 17 heavy (non-hydrogen) atoms. The van der Waals surface area contributed by atoms with Gasteiger partial charge >= 0.3 is 0 Å². The maximum Gasteiger partial charge on any atom is 0.224 e. The van der Waals surface area contributed by atoms with Crippen LogP contribution in [0.5, 0.6) is 0 Å². The minimum atomic E-state index is -2.98. The summed E-state index contributed by atoms with van der Waals surface area (Å²) in [6.07, 6.45) is 1.75. The SMILES string of the molecule is Cc1ccc(NC(=O)CCCS(C)(=O)=O)cc1. The number of benzene rings is 1. The van der Waals surface area contributed by atoms with Gasteiger partial charge in [0.1, 0.15) is 9.84 Å². The highest BCUT2D eigenvalue weighted by molar-refractivity contribution is 7.90. The largest absolute Gasteiger partial charge is 0.326 e. The van der Waals surface area contributed by atoms with E-state index in [2.05, 4.69) is 5.32 Å². The minimum Gasteiger partial charge on any atom is -0.326 e. The normalized spacial score (nSPS) is 11.2. The molecule has 1 N–H and O–H groups in total. The summed E-state index contributed by atoms with van der Waals surface area (Å²) in [6, 6.07) is 7.46. The predicted octanol–water partition coefficient (Wildman–Crippen LogP) is 1.76. The number of hydrogen-bond acceptors (Lipinski definition) is 3. The highest BCUT2D eigenvalue weighted by atomic mass is 32.2. The summed E-state index contributed by atoms with van der Waals surface area (Å²) >= 11 is 0. The second-order valence-corrected chi connectivity index (χ2v) is 6.41. The molecule has 1 aromatic rings. The van der Waals surface area contributed by atoms with Gasteiger partial charge in [0.2, 0.25) is 5.91 Å². The van der Waals surface area contributed by atoms with Crippen molar-refractivity contribution in [1.82, 2.24) is 0 Å². The van der Waals surface area contributed by atoms with Gasteiger partial charge in [0, 0.05) is 18.4 Å². The van der Waals surface area contributed by atoms with Crippen LogP contribution in [0.1, 0.15) is 18.4 Å². The molecule has 0 saturated heterocycles. The van der Waals surface area contributed by atoms with Gasteiger partial charge in [-0.05, 0) is 25.5 Å². The van der Waals surface area contributed by atoms with E-state index in [9.17, 15) is 13.2 Å². The molecule has 1 aromatic carbocycles. The van der Waals surface area contributed by atoms with E-state index in [1.807, 2.05) is 31.2 Å². The Bertz CT molecular complexity index is 477. The average Bonchev–Trinajstić information content (AvgIpc) is 2.19. The lowest BCUT2D eigenvalue weighted by molar-refractivity contribution is -0.116. The lowest BCUT2D eigenvalue weighted by Gasteiger charge is -2.05. The first-order valence-corrected chi connectivity index (χ1v) is 7.47. The number of carbonyl (C=O) groups excluding carboxylic acids is 1. The number of sulfone groups is 1. The summed E-state index contributed by atoms with van der Waals surface area (Å²) in [4.78, 5) is 11.5. The second kappa shape index (κ2) is 5.82. The highest BCUT2D eigenvalue weighted by Gasteiger charge is 2.06. The first-order chi connectivity index (χ1) is 7.87. The van der Waals surface area contributed by atoms with Crippen LogP contribution in [-0.4, -0.2) is 26.3 Å². The molecule has 0 aliphatic rings. The van der Waals surface area contributed by atoms with Crippen molar-refractivity contribution in [3.05, 3.63) is 29.8 Å². The molecule has 5 heteroatoms. The third kappa shape index (κ3) is 6.06. The topological polar surface area (TPSA) is 63.2 Å². The van der Waals surface area contributed by atoms with E-state index in [4.69, 9.17) is 0 Å². The number of carbonyl (C=O) groups is 1. The Hall–Kier alpha value is -1.36. The van der Waals surface area contributed by atoms with Crippen molar-refractivity contribution in [2.45, 2.75) is 19.8 Å². The summed E-state index contributed by atoms with van der Waals surface area (Å²) in [5, 5.41) is 2.72. The van der Waals surface area contributed by atoms with Crippen LogP contribution < -0.4 is 5.32 Å². The molecule has 0 aliphatic heterocycles. The number of hydrogen-bond donors (Lipinski definition) is 1. The van der Waals surface area contributed by atoms with Crippen LogP contribution in [-0.2, 0) is 14.6 Å². The Morgan fingerprint density at radius 2 is 1.82 bits per heavy atom. The van der Waals surface area contributed by atoms with Gasteiger partial charge in [-0.25, -0.2) is 8.42 Å². The summed E-state index contributed by atoms with van der Waals surface area (Å²) in [6.45, 7) is 1.97. The van der Waals surface area contributed by atoms with E-state index >= 15 is 0 Å². The third-order valence-corrected chi connectivity index (χ3v) is 3.28. The van der Waals surface area contributed by atoms with Crippen molar-refractivity contribution >= 4 is 21.4 Å². The molecule has 0 radical (unpaired) electrons. The molecule has 0 heterocycles. The van der Waals surface area contributed by atoms with Crippen LogP contribution in [0.25, 0.3) is 0 Å². The van der Waals surface area contributed by atoms with Crippen LogP contribution in [0, 0.1) is 6.92 Å². The molecule has 0 aromatic heterocycles. The van der Waals surface area contributed by atoms with Crippen molar-refractivity contribution in [3.8, 4) is 0 Å². The average molecular weight is 255 g/mol. The van der Waals surface area contributed by atoms with Crippen LogP contribution >= 0.6 is 0 Å². The molecule has 0 aliphatic carbocycles. The van der Waals surface area contributed by atoms with Gasteiger partial charge in [-0.1, -0.05) is 17.7 Å². The monoisotopic (exact) mass is 255 g/mol. The van der Waals surface area contributed by atoms with E-state index in [0.29, 0.717) is 6.42 Å². The Morgan fingerprint density at radius 3 is 2.35 bits per heavy atom. The Kier molecular flexibility index (Phi) is 4.69. The van der Waals surface area contributed by atoms with Crippen molar-refractivity contribution in [1.29, 1.82) is 0 Å². The minimum absolute atomic E-state index is 0.0499. The van der Waals surface area contributed by atoms with Gasteiger partial charge in [-0.3, -0.25) is 4.79 Å². The molecule has 1 rings (SSSR count). The zero-order valence-electron chi connectivity index (χ0n) is 10.1. The van der Waals surface area contributed by atoms with E-state index < -0.39 is 9.84 Å². The maximum atomic E-state index is 11.5. The molecule has 94 valence electrons. The first-order valence-electron chi connectivity index (χ1n) is 5.41. The quantitative estimate of drug-likeness (QED) is 0.872. The molecule has 0 saturated carbocycles. The summed E-state index contributed by atoms with van der Waals surface area (Å²) in [5.41, 5.74) is 1.86. The molecule has 0 atom stereocenters. The molecule has 0 spiro atoms. The Morgan fingerprint density at radius 1 is 1.24 bits per heavy atom. The lowest BCUT2D eigenvalue weighted by atomic mass is 10.2. The molecule has 0 bridgehead atoms. The van der Waals surface area contributed by atoms with Gasteiger partial charge in [0.05, 0.1) is 5.75 Å². The van der Waals surface area contributed by atoms with E-state index in [1.165, 1.54) is 6.26 Å². The van der Waals surface area contributed by atoms with Gasteiger partial charge in [0.25, 0.3) is 0 Å². The fourth-order valence-corrected chi connectivity index (χ4v) is 2.02. The van der Waals surface area contributed by atoms with Gasteiger partial charge in [0.15, 0.2) is 0 Å². The first kappa shape index (κ1) is 13.7. The van der Waals surface area contributed by atoms with Gasteiger partial charge in [-0.15, -0.1) is 0 Å². The van der Waals surface area contributed by atoms with Gasteiger partial charge in [-0.2, -0.15) is 0 Å². The summed E-state index contributed by atoms with van der Waals surface area (Å²) < 4.78 is 21.8. The molecular weight excluding hydrogens is 238 g/mol. The van der Waals surface area contributed by atoms with E-state index in [0.717, 1.165) is 11.3 Å². The number of nitrogens with one attached hydrogen (secondary N) is 1. The molecule has 0 fully saturated rings. The Balaban J connectivity index is 2.37. The van der Waals surface area contributed by atoms with Crippen molar-refractivity contribution in [3.63, 3.8) is 0 Å². The van der Waals surface area contributed by atoms with Crippen LogP contribution in [0.15, 0.2) is 24.3 Å². The molecule has 1 amide bonds. The van der Waals surface area contributed by atoms with E-state index in [-0.39, 0.29) is 18.1 Å². The van der Waals surface area contributed by atoms with Crippen LogP contribution in [0.4, 0.5) is 5.69 Å². The fraction of sp³-hybridized carbons (Fsp3) is 0.417. The fourth-order valence-electron chi connectivity index (χ4n) is 1.36. The number of rotatable bonds is 5. The van der Waals surface area contributed by atoms with Crippen LogP contribution in [0.2, 0.25) is 0 Å². The lowest BCUT2D eigenvalue weighted by Crippen LogP contribution is -2.13. The molecule has 0 unspecified atom stereocenters. The standard InChI is InChI=1S/C12H17NO3S/c1-10-5-7-11(8-6-10)13-12(14)4-3-9-17(2,15)16/h5-8H,3-4,9H2,1-2H3,(H,13,14). The smallest absolute Gasteiger partial charge is 0.224 e. The molecular formula is C12H17NO3S. The summed E-state index contributed by atoms with van der Waals surface area (Å²) in [5.74, 6) is -0.105. The van der Waals surface area contributed by atoms with Crippen molar-refractivity contribution in [2.24, 2.45) is 0 Å². The number of anilines is 1. The molecule has 4 nitrogen and oxygen atoms in total. The zero-order valence-corrected chi connectivity index (χ0v) is 10.9. The number of aryl methyl sites for hydroxylation is 1. The second-order valence-electron chi connectivity index (χ2n) is 4.15. The predicted molar refractivity (Wildman–Crippen MR) is 68.8 cm³/mol. The van der Waals surface area contributed by atoms with Crippen molar-refractivity contribution < 1.29 is 13.2 Å².